The van der Waals surface area contributed by atoms with Gasteiger partial charge in [-0.05, 0) is 36.5 Å². The molecule has 2 atom stereocenters. The maximum Gasteiger partial charge on any atom is 0.0690 e. The predicted molar refractivity (Wildman–Crippen MR) is 70.4 cm³/mol. The van der Waals surface area contributed by atoms with Crippen molar-refractivity contribution in [1.29, 1.82) is 0 Å². The van der Waals surface area contributed by atoms with Crippen LogP contribution in [0.2, 0.25) is 0 Å². The Balaban J connectivity index is 2.05. The van der Waals surface area contributed by atoms with Crippen molar-refractivity contribution < 1.29 is 5.11 Å². The topological polar surface area (TPSA) is 20.2 Å². The summed E-state index contributed by atoms with van der Waals surface area (Å²) in [5, 5.41) is 10.6. The summed E-state index contributed by atoms with van der Waals surface area (Å²) in [6, 6.07) is 8.29. The summed E-state index contributed by atoms with van der Waals surface area (Å²) in [6.07, 6.45) is 5.12. The molecule has 1 aromatic rings. The largest absolute Gasteiger partial charge is 0.390 e. The average Bonchev–Trinajstić information content (AvgIpc) is 2.21. The fourth-order valence-corrected chi connectivity index (χ4v) is 3.04. The van der Waals surface area contributed by atoms with Crippen LogP contribution in [0.5, 0.6) is 0 Å². The molecule has 1 N–H and O–H groups in total. The van der Waals surface area contributed by atoms with Crippen molar-refractivity contribution in [3.05, 3.63) is 34.3 Å². The van der Waals surface area contributed by atoms with Gasteiger partial charge in [-0.1, -0.05) is 47.8 Å². The highest BCUT2D eigenvalue weighted by molar-refractivity contribution is 9.10. The van der Waals surface area contributed by atoms with Gasteiger partial charge in [-0.2, -0.15) is 0 Å². The Bertz CT molecular complexity index is 346. The minimum absolute atomic E-state index is 0.467. The third-order valence-corrected chi connectivity index (χ3v) is 4.04. The molecule has 2 heteroatoms. The molecule has 2 rings (SSSR count). The fraction of sp³-hybridized carbons (Fsp3) is 0.571. The Morgan fingerprint density at radius 3 is 2.69 bits per heavy atom. The van der Waals surface area contributed by atoms with Gasteiger partial charge in [0.2, 0.25) is 0 Å². The molecule has 1 aliphatic rings. The van der Waals surface area contributed by atoms with Gasteiger partial charge in [-0.15, -0.1) is 0 Å². The van der Waals surface area contributed by atoms with Crippen LogP contribution in [0.1, 0.15) is 38.2 Å². The van der Waals surface area contributed by atoms with Crippen molar-refractivity contribution >= 4 is 15.9 Å². The van der Waals surface area contributed by atoms with Crippen LogP contribution in [0, 0.1) is 5.92 Å². The summed E-state index contributed by atoms with van der Waals surface area (Å²) in [5.74, 6) is 0.661. The number of hydrogen-bond donors (Lipinski definition) is 1. The molecule has 0 radical (unpaired) electrons. The molecule has 0 spiro atoms. The fourth-order valence-electron chi connectivity index (χ4n) is 2.78. The average molecular weight is 283 g/mol. The summed E-state index contributed by atoms with van der Waals surface area (Å²) in [5.41, 5.74) is 0.769. The Kier molecular flexibility index (Phi) is 3.70. The van der Waals surface area contributed by atoms with E-state index >= 15 is 0 Å². The summed E-state index contributed by atoms with van der Waals surface area (Å²) >= 11 is 3.43. The summed E-state index contributed by atoms with van der Waals surface area (Å²) < 4.78 is 1.10. The molecule has 88 valence electrons. The van der Waals surface area contributed by atoms with Crippen molar-refractivity contribution in [2.75, 3.05) is 0 Å². The van der Waals surface area contributed by atoms with Gasteiger partial charge in [0.05, 0.1) is 5.60 Å². The molecular weight excluding hydrogens is 264 g/mol. The molecule has 0 bridgehead atoms. The minimum Gasteiger partial charge on any atom is -0.390 e. The van der Waals surface area contributed by atoms with Crippen molar-refractivity contribution in [2.24, 2.45) is 5.92 Å². The second-order valence-electron chi connectivity index (χ2n) is 5.23. The van der Waals surface area contributed by atoms with Crippen LogP contribution in [0.15, 0.2) is 28.7 Å². The van der Waals surface area contributed by atoms with Crippen molar-refractivity contribution in [1.82, 2.24) is 0 Å². The van der Waals surface area contributed by atoms with E-state index in [1.807, 2.05) is 12.1 Å². The van der Waals surface area contributed by atoms with Crippen LogP contribution in [-0.4, -0.2) is 10.7 Å². The van der Waals surface area contributed by atoms with E-state index in [1.165, 1.54) is 12.0 Å². The smallest absolute Gasteiger partial charge is 0.0690 e. The highest BCUT2D eigenvalue weighted by atomic mass is 79.9. The first-order valence-electron chi connectivity index (χ1n) is 6.04. The summed E-state index contributed by atoms with van der Waals surface area (Å²) in [4.78, 5) is 0. The second-order valence-corrected chi connectivity index (χ2v) is 6.14. The van der Waals surface area contributed by atoms with Crippen LogP contribution in [-0.2, 0) is 6.42 Å². The molecule has 0 aromatic heterocycles. The van der Waals surface area contributed by atoms with Gasteiger partial charge in [0.15, 0.2) is 0 Å². The molecule has 1 aromatic carbocycles. The van der Waals surface area contributed by atoms with E-state index in [2.05, 4.69) is 35.0 Å². The van der Waals surface area contributed by atoms with E-state index in [-0.39, 0.29) is 0 Å². The normalized spacial score (nSPS) is 30.3. The maximum atomic E-state index is 10.6. The number of hydrogen-bond acceptors (Lipinski definition) is 1. The third-order valence-electron chi connectivity index (χ3n) is 3.51. The van der Waals surface area contributed by atoms with E-state index in [9.17, 15) is 5.11 Å². The van der Waals surface area contributed by atoms with Crippen LogP contribution in [0.3, 0.4) is 0 Å². The number of benzene rings is 1. The molecule has 1 saturated carbocycles. The zero-order valence-electron chi connectivity index (χ0n) is 9.75. The van der Waals surface area contributed by atoms with Gasteiger partial charge in [0.1, 0.15) is 0 Å². The summed E-state index contributed by atoms with van der Waals surface area (Å²) in [6.45, 7) is 2.24. The van der Waals surface area contributed by atoms with Crippen molar-refractivity contribution in [2.45, 2.75) is 44.6 Å². The van der Waals surface area contributed by atoms with Crippen LogP contribution >= 0.6 is 15.9 Å². The van der Waals surface area contributed by atoms with E-state index in [0.717, 1.165) is 30.2 Å². The molecular formula is C14H19BrO. The highest BCUT2D eigenvalue weighted by Crippen LogP contribution is 2.34. The molecule has 0 amide bonds. The maximum absolute atomic E-state index is 10.6. The predicted octanol–water partition coefficient (Wildman–Crippen LogP) is 3.93. The molecule has 0 heterocycles. The van der Waals surface area contributed by atoms with Gasteiger partial charge >= 0.3 is 0 Å². The Hall–Kier alpha value is -0.340. The van der Waals surface area contributed by atoms with Gasteiger partial charge in [-0.3, -0.25) is 0 Å². The van der Waals surface area contributed by atoms with Crippen LogP contribution in [0.4, 0.5) is 0 Å². The van der Waals surface area contributed by atoms with E-state index in [0.29, 0.717) is 5.92 Å². The Morgan fingerprint density at radius 1 is 1.38 bits per heavy atom. The molecule has 1 fully saturated rings. The van der Waals surface area contributed by atoms with Gasteiger partial charge in [0.25, 0.3) is 0 Å². The zero-order valence-corrected chi connectivity index (χ0v) is 11.3. The number of aliphatic hydroxyl groups is 1. The first kappa shape index (κ1) is 12.1. The lowest BCUT2D eigenvalue weighted by atomic mass is 9.76. The van der Waals surface area contributed by atoms with E-state index < -0.39 is 5.60 Å². The standard InChI is InChI=1S/C14H19BrO/c1-11-3-2-8-14(16,9-11)10-12-4-6-13(15)7-5-12/h4-7,11,16H,2-3,8-10H2,1H3. The number of halogens is 1. The third kappa shape index (κ3) is 3.08. The number of rotatable bonds is 2. The second kappa shape index (κ2) is 4.89. The molecule has 1 aliphatic carbocycles. The lowest BCUT2D eigenvalue weighted by Crippen LogP contribution is -2.36. The quantitative estimate of drug-likeness (QED) is 0.871. The van der Waals surface area contributed by atoms with Crippen molar-refractivity contribution in [3.8, 4) is 0 Å². The van der Waals surface area contributed by atoms with Gasteiger partial charge in [0, 0.05) is 10.9 Å². The van der Waals surface area contributed by atoms with Crippen LogP contribution in [0.25, 0.3) is 0 Å². The molecule has 0 saturated heterocycles. The molecule has 1 nitrogen and oxygen atoms in total. The van der Waals surface area contributed by atoms with Crippen molar-refractivity contribution in [3.63, 3.8) is 0 Å². The highest BCUT2D eigenvalue weighted by Gasteiger charge is 2.32. The minimum atomic E-state index is -0.467. The van der Waals surface area contributed by atoms with Gasteiger partial charge in [-0.25, -0.2) is 0 Å². The Labute approximate surface area is 106 Å². The van der Waals surface area contributed by atoms with Gasteiger partial charge < -0.3 is 5.11 Å². The SMILES string of the molecule is CC1CCCC(O)(Cc2ccc(Br)cc2)C1. The van der Waals surface area contributed by atoms with Crippen LogP contribution < -0.4 is 0 Å². The first-order valence-corrected chi connectivity index (χ1v) is 6.84. The van der Waals surface area contributed by atoms with E-state index in [1.54, 1.807) is 0 Å². The Morgan fingerprint density at radius 2 is 2.06 bits per heavy atom. The molecule has 16 heavy (non-hydrogen) atoms. The van der Waals surface area contributed by atoms with E-state index in [4.69, 9.17) is 0 Å². The molecule has 2 unspecified atom stereocenters. The lowest BCUT2D eigenvalue weighted by Gasteiger charge is -2.35. The molecule has 0 aliphatic heterocycles. The first-order chi connectivity index (χ1) is 7.57. The lowest BCUT2D eigenvalue weighted by molar-refractivity contribution is -0.0123. The monoisotopic (exact) mass is 282 g/mol. The summed E-state index contributed by atoms with van der Waals surface area (Å²) in [7, 11) is 0. The zero-order chi connectivity index (χ0) is 11.6.